The highest BCUT2D eigenvalue weighted by molar-refractivity contribution is 9.10. The number of aldehydes is 1. The summed E-state index contributed by atoms with van der Waals surface area (Å²) < 4.78 is 0.517. The van der Waals surface area contributed by atoms with E-state index in [1.165, 1.54) is 6.20 Å². The number of hydrogen-bond acceptors (Lipinski definition) is 3. The Bertz CT molecular complexity index is 266. The molecule has 52 valence electrons. The number of carbonyl (C=O) groups excluding carboxylic acids is 1. The molecule has 0 fully saturated rings. The number of nitrogens with zero attached hydrogens (tertiary/aromatic N) is 2. The van der Waals surface area contributed by atoms with Crippen molar-refractivity contribution in [2.45, 2.75) is 0 Å². The van der Waals surface area contributed by atoms with Crippen LogP contribution in [0.4, 0.5) is 0 Å². The van der Waals surface area contributed by atoms with Gasteiger partial charge >= 0.3 is 0 Å². The lowest BCUT2D eigenvalue weighted by atomic mass is 10.5. The third-order valence-corrected chi connectivity index (χ3v) is 1.50. The molecule has 10 heavy (non-hydrogen) atoms. The van der Waals surface area contributed by atoms with Crippen LogP contribution in [0.3, 0.4) is 0 Å². The van der Waals surface area contributed by atoms with Crippen LogP contribution in [-0.4, -0.2) is 16.3 Å². The summed E-state index contributed by atoms with van der Waals surface area (Å²) >= 11 is 8.55. The number of carbonyl (C=O) groups is 1. The predicted octanol–water partition coefficient (Wildman–Crippen LogP) is 1.71. The van der Waals surface area contributed by atoms with Crippen LogP contribution >= 0.6 is 27.5 Å². The maximum atomic E-state index is 10.1. The van der Waals surface area contributed by atoms with Crippen LogP contribution < -0.4 is 0 Å². The molecule has 0 aromatic carbocycles. The standard InChI is InChI=1S/C5H2BrClN2O/c6-4-1-8-3(2-10)5(7)9-4/h1-2H. The van der Waals surface area contributed by atoms with E-state index in [2.05, 4.69) is 25.9 Å². The van der Waals surface area contributed by atoms with Crippen molar-refractivity contribution in [3.63, 3.8) is 0 Å². The van der Waals surface area contributed by atoms with Gasteiger partial charge in [-0.15, -0.1) is 0 Å². The minimum absolute atomic E-state index is 0.115. The summed E-state index contributed by atoms with van der Waals surface area (Å²) in [5, 5.41) is 0.115. The highest BCUT2D eigenvalue weighted by Gasteiger charge is 2.00. The fourth-order valence-corrected chi connectivity index (χ4v) is 1.00. The topological polar surface area (TPSA) is 42.9 Å². The van der Waals surface area contributed by atoms with Crippen LogP contribution in [0.25, 0.3) is 0 Å². The lowest BCUT2D eigenvalue weighted by Crippen LogP contribution is -1.90. The van der Waals surface area contributed by atoms with E-state index in [0.29, 0.717) is 10.9 Å². The Morgan fingerprint density at radius 2 is 2.40 bits per heavy atom. The summed E-state index contributed by atoms with van der Waals surface area (Å²) in [7, 11) is 0. The molecule has 0 aliphatic carbocycles. The van der Waals surface area contributed by atoms with E-state index in [1.54, 1.807) is 0 Å². The van der Waals surface area contributed by atoms with Gasteiger partial charge in [-0.05, 0) is 15.9 Å². The maximum absolute atomic E-state index is 10.1. The molecule has 0 aliphatic heterocycles. The van der Waals surface area contributed by atoms with Crippen molar-refractivity contribution in [3.05, 3.63) is 21.6 Å². The van der Waals surface area contributed by atoms with Crippen LogP contribution in [0.2, 0.25) is 5.15 Å². The van der Waals surface area contributed by atoms with Crippen molar-refractivity contribution < 1.29 is 4.79 Å². The smallest absolute Gasteiger partial charge is 0.171 e. The minimum atomic E-state index is 0.115. The molecule has 0 atom stereocenters. The molecular weight excluding hydrogens is 219 g/mol. The predicted molar refractivity (Wildman–Crippen MR) is 40.1 cm³/mol. The van der Waals surface area contributed by atoms with Crippen LogP contribution in [0, 0.1) is 0 Å². The Labute approximate surface area is 70.6 Å². The number of rotatable bonds is 1. The first-order chi connectivity index (χ1) is 4.74. The molecule has 0 spiro atoms. The molecule has 0 radical (unpaired) electrons. The molecule has 0 unspecified atom stereocenters. The van der Waals surface area contributed by atoms with Gasteiger partial charge in [0.05, 0.1) is 6.20 Å². The van der Waals surface area contributed by atoms with Crippen molar-refractivity contribution in [3.8, 4) is 0 Å². The van der Waals surface area contributed by atoms with Crippen LogP contribution in [0.15, 0.2) is 10.8 Å². The molecule has 0 saturated carbocycles. The van der Waals surface area contributed by atoms with E-state index in [9.17, 15) is 4.79 Å². The lowest BCUT2D eigenvalue weighted by molar-refractivity contribution is 0.111. The average Bonchev–Trinajstić information content (AvgIpc) is 1.88. The van der Waals surface area contributed by atoms with Gasteiger partial charge in [-0.25, -0.2) is 9.97 Å². The van der Waals surface area contributed by atoms with E-state index in [0.717, 1.165) is 0 Å². The minimum Gasteiger partial charge on any atom is -0.296 e. The van der Waals surface area contributed by atoms with Gasteiger partial charge < -0.3 is 0 Å². The molecule has 1 aromatic rings. The molecule has 5 heteroatoms. The van der Waals surface area contributed by atoms with Gasteiger partial charge in [-0.3, -0.25) is 4.79 Å². The summed E-state index contributed by atoms with van der Waals surface area (Å²) in [6, 6.07) is 0. The maximum Gasteiger partial charge on any atom is 0.171 e. The molecule has 1 rings (SSSR count). The lowest BCUT2D eigenvalue weighted by Gasteiger charge is -1.92. The zero-order valence-electron chi connectivity index (χ0n) is 4.71. The van der Waals surface area contributed by atoms with Crippen molar-refractivity contribution in [2.24, 2.45) is 0 Å². The summed E-state index contributed by atoms with van der Waals surface area (Å²) in [6.45, 7) is 0. The molecule has 0 N–H and O–H groups in total. The highest BCUT2D eigenvalue weighted by atomic mass is 79.9. The summed E-state index contributed by atoms with van der Waals surface area (Å²) in [5.74, 6) is 0. The third-order valence-electron chi connectivity index (χ3n) is 0.838. The Morgan fingerprint density at radius 3 is 2.90 bits per heavy atom. The summed E-state index contributed by atoms with van der Waals surface area (Å²) in [5.41, 5.74) is 0.157. The van der Waals surface area contributed by atoms with E-state index in [4.69, 9.17) is 11.6 Å². The third kappa shape index (κ3) is 1.52. The number of aromatic nitrogens is 2. The Morgan fingerprint density at radius 1 is 1.70 bits per heavy atom. The molecule has 0 amide bonds. The molecule has 3 nitrogen and oxygen atoms in total. The number of halogens is 2. The Hall–Kier alpha value is -0.480. The van der Waals surface area contributed by atoms with Crippen molar-refractivity contribution >= 4 is 33.8 Å². The first-order valence-electron chi connectivity index (χ1n) is 2.37. The highest BCUT2D eigenvalue weighted by Crippen LogP contribution is 2.11. The largest absolute Gasteiger partial charge is 0.296 e. The van der Waals surface area contributed by atoms with Crippen molar-refractivity contribution in [2.75, 3.05) is 0 Å². The SMILES string of the molecule is O=Cc1ncc(Br)nc1Cl. The first-order valence-corrected chi connectivity index (χ1v) is 3.54. The Balaban J connectivity index is 3.19. The fourth-order valence-electron chi connectivity index (χ4n) is 0.435. The van der Waals surface area contributed by atoms with E-state index < -0.39 is 0 Å². The summed E-state index contributed by atoms with van der Waals surface area (Å²) in [6.07, 6.45) is 1.97. The van der Waals surface area contributed by atoms with Crippen molar-refractivity contribution in [1.29, 1.82) is 0 Å². The van der Waals surface area contributed by atoms with Gasteiger partial charge in [0.15, 0.2) is 11.4 Å². The van der Waals surface area contributed by atoms with Gasteiger partial charge in [0.1, 0.15) is 10.3 Å². The second-order valence-electron chi connectivity index (χ2n) is 1.49. The van der Waals surface area contributed by atoms with Crippen LogP contribution in [-0.2, 0) is 0 Å². The van der Waals surface area contributed by atoms with E-state index >= 15 is 0 Å². The average molecular weight is 221 g/mol. The zero-order valence-corrected chi connectivity index (χ0v) is 7.06. The fraction of sp³-hybridized carbons (Fsp3) is 0. The molecular formula is C5H2BrClN2O. The number of hydrogen-bond donors (Lipinski definition) is 0. The van der Waals surface area contributed by atoms with Crippen molar-refractivity contribution in [1.82, 2.24) is 9.97 Å². The molecule has 1 heterocycles. The summed E-state index contributed by atoms with van der Waals surface area (Å²) in [4.78, 5) is 17.6. The van der Waals surface area contributed by atoms with Crippen LogP contribution in [0.1, 0.15) is 10.5 Å². The van der Waals surface area contributed by atoms with Gasteiger partial charge in [0.25, 0.3) is 0 Å². The second kappa shape index (κ2) is 3.07. The molecule has 1 aromatic heterocycles. The van der Waals surface area contributed by atoms with Gasteiger partial charge in [0.2, 0.25) is 0 Å². The first kappa shape index (κ1) is 7.63. The molecule has 0 bridgehead atoms. The van der Waals surface area contributed by atoms with Crippen LogP contribution in [0.5, 0.6) is 0 Å². The van der Waals surface area contributed by atoms with Gasteiger partial charge in [-0.2, -0.15) is 0 Å². The van der Waals surface area contributed by atoms with E-state index in [1.807, 2.05) is 0 Å². The monoisotopic (exact) mass is 220 g/mol. The Kier molecular flexibility index (Phi) is 2.34. The quantitative estimate of drug-likeness (QED) is 0.678. The molecule has 0 aliphatic rings. The second-order valence-corrected chi connectivity index (χ2v) is 2.66. The van der Waals surface area contributed by atoms with Gasteiger partial charge in [-0.1, -0.05) is 11.6 Å². The van der Waals surface area contributed by atoms with Gasteiger partial charge in [0, 0.05) is 0 Å². The van der Waals surface area contributed by atoms with E-state index in [-0.39, 0.29) is 10.8 Å². The normalized spacial score (nSPS) is 9.40. The zero-order chi connectivity index (χ0) is 7.56. The molecule has 0 saturated heterocycles.